The Morgan fingerprint density at radius 2 is 1.73 bits per heavy atom. The van der Waals surface area contributed by atoms with E-state index in [9.17, 15) is 4.79 Å². The number of hydrogen-bond donors (Lipinski definition) is 1. The van der Waals surface area contributed by atoms with Crippen molar-refractivity contribution < 1.29 is 14.3 Å². The van der Waals surface area contributed by atoms with Crippen molar-refractivity contribution in [2.75, 3.05) is 43.9 Å². The minimum absolute atomic E-state index is 0.190. The smallest absolute Gasteiger partial charge is 0.410 e. The van der Waals surface area contributed by atoms with Gasteiger partial charge >= 0.3 is 6.09 Å². The van der Waals surface area contributed by atoms with Gasteiger partial charge in [-0.2, -0.15) is 5.10 Å². The van der Waals surface area contributed by atoms with E-state index in [4.69, 9.17) is 15.2 Å². The summed E-state index contributed by atoms with van der Waals surface area (Å²) < 4.78 is 12.9. The standard InChI is InChI=1S/C25H37N5O3/c1-24(2,3)33-23(31)30-12-8-25(9-13-30)6-10-29(11-7-25)21-15-22(32-5)20(26)14-19(21)18-16-27-28(4)17-18/h14-17H,6-13,26H2,1-5H3. The molecule has 8 nitrogen and oxygen atoms in total. The number of benzene rings is 1. The zero-order chi connectivity index (χ0) is 23.8. The van der Waals surface area contributed by atoms with Gasteiger partial charge in [-0.25, -0.2) is 4.79 Å². The zero-order valence-electron chi connectivity index (χ0n) is 20.6. The highest BCUT2D eigenvalue weighted by atomic mass is 16.6. The second kappa shape index (κ2) is 8.80. The Morgan fingerprint density at radius 1 is 1.09 bits per heavy atom. The third-order valence-electron chi connectivity index (χ3n) is 7.00. The predicted octanol–water partition coefficient (Wildman–Crippen LogP) is 4.30. The van der Waals surface area contributed by atoms with Crippen molar-refractivity contribution in [1.29, 1.82) is 0 Å². The molecule has 0 bridgehead atoms. The fourth-order valence-electron chi connectivity index (χ4n) is 5.03. The lowest BCUT2D eigenvalue weighted by atomic mass is 9.71. The molecule has 33 heavy (non-hydrogen) atoms. The van der Waals surface area contributed by atoms with E-state index in [0.717, 1.165) is 68.7 Å². The highest BCUT2D eigenvalue weighted by Crippen LogP contribution is 2.45. The van der Waals surface area contributed by atoms with Crippen LogP contribution in [0.15, 0.2) is 24.5 Å². The number of ether oxygens (including phenoxy) is 2. The van der Waals surface area contributed by atoms with Crippen LogP contribution in [0.3, 0.4) is 0 Å². The molecule has 3 heterocycles. The summed E-state index contributed by atoms with van der Waals surface area (Å²) in [5, 5.41) is 4.35. The Labute approximate surface area is 196 Å². The normalized spacial score (nSPS) is 18.5. The summed E-state index contributed by atoms with van der Waals surface area (Å²) in [6.45, 7) is 9.21. The Balaban J connectivity index is 1.46. The maximum atomic E-state index is 12.5. The van der Waals surface area contributed by atoms with Crippen molar-refractivity contribution in [2.24, 2.45) is 12.5 Å². The summed E-state index contributed by atoms with van der Waals surface area (Å²) in [4.78, 5) is 16.8. The van der Waals surface area contributed by atoms with E-state index in [-0.39, 0.29) is 6.09 Å². The van der Waals surface area contributed by atoms with E-state index >= 15 is 0 Å². The largest absolute Gasteiger partial charge is 0.495 e. The van der Waals surface area contributed by atoms with Gasteiger partial charge in [0.15, 0.2) is 0 Å². The summed E-state index contributed by atoms with van der Waals surface area (Å²) in [6, 6.07) is 4.05. The monoisotopic (exact) mass is 455 g/mol. The molecule has 8 heteroatoms. The fourth-order valence-corrected chi connectivity index (χ4v) is 5.03. The topological polar surface area (TPSA) is 85.9 Å². The summed E-state index contributed by atoms with van der Waals surface area (Å²) in [6.07, 6.45) is 7.97. The van der Waals surface area contributed by atoms with Gasteiger partial charge in [-0.15, -0.1) is 0 Å². The molecule has 0 saturated carbocycles. The average Bonchev–Trinajstić information content (AvgIpc) is 3.20. The fraction of sp³-hybridized carbons (Fsp3) is 0.600. The molecule has 1 spiro atoms. The third-order valence-corrected chi connectivity index (χ3v) is 7.00. The predicted molar refractivity (Wildman–Crippen MR) is 131 cm³/mol. The number of carbonyl (C=O) groups is 1. The van der Waals surface area contributed by atoms with Crippen molar-refractivity contribution in [3.05, 3.63) is 24.5 Å². The van der Waals surface area contributed by atoms with Gasteiger partial charge in [0.05, 0.1) is 19.0 Å². The molecule has 1 aromatic carbocycles. The highest BCUT2D eigenvalue weighted by Gasteiger charge is 2.39. The SMILES string of the molecule is COc1cc(N2CCC3(CCN(C(=O)OC(C)(C)C)CC3)CC2)c(-c2cnn(C)c2)cc1N. The minimum Gasteiger partial charge on any atom is -0.495 e. The van der Waals surface area contributed by atoms with Crippen LogP contribution in [0.2, 0.25) is 0 Å². The number of nitrogens with two attached hydrogens (primary N) is 1. The number of carbonyl (C=O) groups excluding carboxylic acids is 1. The highest BCUT2D eigenvalue weighted by molar-refractivity contribution is 5.83. The van der Waals surface area contributed by atoms with Crippen LogP contribution in [-0.2, 0) is 11.8 Å². The van der Waals surface area contributed by atoms with Crippen LogP contribution in [-0.4, -0.2) is 59.7 Å². The van der Waals surface area contributed by atoms with Crippen molar-refractivity contribution >= 4 is 17.5 Å². The van der Waals surface area contributed by atoms with Crippen LogP contribution in [0.25, 0.3) is 11.1 Å². The van der Waals surface area contributed by atoms with E-state index < -0.39 is 5.60 Å². The first kappa shape index (κ1) is 23.3. The number of nitrogen functional groups attached to an aromatic ring is 1. The number of likely N-dealkylation sites (tertiary alicyclic amines) is 1. The summed E-state index contributed by atoms with van der Waals surface area (Å²) in [7, 11) is 3.58. The van der Waals surface area contributed by atoms with Crippen LogP contribution in [0.1, 0.15) is 46.5 Å². The lowest BCUT2D eigenvalue weighted by molar-refractivity contribution is 0.00666. The molecule has 2 fully saturated rings. The van der Waals surface area contributed by atoms with Gasteiger partial charge in [-0.3, -0.25) is 4.68 Å². The zero-order valence-corrected chi connectivity index (χ0v) is 20.6. The average molecular weight is 456 g/mol. The first-order valence-corrected chi connectivity index (χ1v) is 11.8. The Morgan fingerprint density at radius 3 is 2.27 bits per heavy atom. The van der Waals surface area contributed by atoms with E-state index in [1.165, 1.54) is 0 Å². The number of aromatic nitrogens is 2. The lowest BCUT2D eigenvalue weighted by Crippen LogP contribution is -2.49. The van der Waals surface area contributed by atoms with Crippen LogP contribution < -0.4 is 15.4 Å². The molecule has 2 aliphatic heterocycles. The first-order chi connectivity index (χ1) is 15.6. The number of nitrogens with zero attached hydrogens (tertiary/aromatic N) is 4. The quantitative estimate of drug-likeness (QED) is 0.695. The summed E-state index contributed by atoms with van der Waals surface area (Å²) >= 11 is 0. The molecule has 0 atom stereocenters. The van der Waals surface area contributed by atoms with Crippen molar-refractivity contribution in [1.82, 2.24) is 14.7 Å². The number of amides is 1. The Kier molecular flexibility index (Phi) is 6.20. The molecule has 0 aliphatic carbocycles. The van der Waals surface area contributed by atoms with Crippen LogP contribution in [0.5, 0.6) is 5.75 Å². The van der Waals surface area contributed by atoms with E-state index in [2.05, 4.69) is 16.1 Å². The number of anilines is 2. The molecule has 2 saturated heterocycles. The molecule has 1 amide bonds. The molecule has 180 valence electrons. The van der Waals surface area contributed by atoms with Gasteiger partial charge in [0.25, 0.3) is 0 Å². The Hall–Kier alpha value is -2.90. The molecular formula is C25H37N5O3. The van der Waals surface area contributed by atoms with Crippen molar-refractivity contribution in [3.63, 3.8) is 0 Å². The van der Waals surface area contributed by atoms with Gasteiger partial charge in [0.1, 0.15) is 11.4 Å². The van der Waals surface area contributed by atoms with Gasteiger partial charge in [-0.05, 0) is 57.9 Å². The van der Waals surface area contributed by atoms with E-state index in [1.54, 1.807) is 7.11 Å². The molecule has 0 radical (unpaired) electrons. The van der Waals surface area contributed by atoms with Crippen molar-refractivity contribution in [3.8, 4) is 16.9 Å². The molecule has 2 aromatic rings. The van der Waals surface area contributed by atoms with Crippen LogP contribution in [0.4, 0.5) is 16.2 Å². The van der Waals surface area contributed by atoms with Crippen LogP contribution in [0, 0.1) is 5.41 Å². The van der Waals surface area contributed by atoms with Gasteiger partial charge in [0, 0.05) is 62.3 Å². The first-order valence-electron chi connectivity index (χ1n) is 11.8. The molecule has 2 N–H and O–H groups in total. The molecule has 2 aliphatic rings. The molecule has 1 aromatic heterocycles. The molecular weight excluding hydrogens is 418 g/mol. The summed E-state index contributed by atoms with van der Waals surface area (Å²) in [5.74, 6) is 0.698. The number of rotatable bonds is 3. The number of methoxy groups -OCH3 is 1. The maximum Gasteiger partial charge on any atom is 0.410 e. The molecule has 0 unspecified atom stereocenters. The van der Waals surface area contributed by atoms with Gasteiger partial charge in [0.2, 0.25) is 0 Å². The van der Waals surface area contributed by atoms with Gasteiger partial charge in [-0.1, -0.05) is 0 Å². The summed E-state index contributed by atoms with van der Waals surface area (Å²) in [5.41, 5.74) is 9.98. The molecule has 4 rings (SSSR count). The van der Waals surface area contributed by atoms with Crippen LogP contribution >= 0.6 is 0 Å². The van der Waals surface area contributed by atoms with Crippen molar-refractivity contribution in [2.45, 2.75) is 52.1 Å². The number of piperidine rings is 2. The second-order valence-electron chi connectivity index (χ2n) is 10.5. The number of hydrogen-bond acceptors (Lipinski definition) is 6. The van der Waals surface area contributed by atoms with E-state index in [0.29, 0.717) is 16.9 Å². The maximum absolute atomic E-state index is 12.5. The van der Waals surface area contributed by atoms with E-state index in [1.807, 2.05) is 55.9 Å². The third kappa shape index (κ3) is 5.04. The lowest BCUT2D eigenvalue weighted by Gasteiger charge is -2.47. The minimum atomic E-state index is -0.455. The second-order valence-corrected chi connectivity index (χ2v) is 10.5. The van der Waals surface area contributed by atoms with Gasteiger partial charge < -0.3 is 25.0 Å². The Bertz CT molecular complexity index is 992. The number of aryl methyl sites for hydroxylation is 1.